The Labute approximate surface area is 244 Å². The fourth-order valence-electron chi connectivity index (χ4n) is 4.79. The highest BCUT2D eigenvalue weighted by Gasteiger charge is 2.21. The van der Waals surface area contributed by atoms with Crippen molar-refractivity contribution >= 4 is 16.9 Å². The first kappa shape index (κ1) is 30.3. The summed E-state index contributed by atoms with van der Waals surface area (Å²) in [5, 5.41) is 0.735. The predicted molar refractivity (Wildman–Crippen MR) is 158 cm³/mol. The van der Waals surface area contributed by atoms with Crippen LogP contribution in [-0.2, 0) is 29.0 Å². The molecule has 3 aromatic carbocycles. The lowest BCUT2D eigenvalue weighted by Gasteiger charge is -2.17. The molecule has 0 aliphatic rings. The van der Waals surface area contributed by atoms with Crippen LogP contribution in [-0.4, -0.2) is 40.5 Å². The molecule has 1 heterocycles. The summed E-state index contributed by atoms with van der Waals surface area (Å²) >= 11 is 0. The number of hydrogen-bond acceptors (Lipinski definition) is 9. The number of ether oxygens (including phenoxy) is 6. The number of carbonyl (C=O) groups excluding carboxylic acids is 1. The van der Waals surface area contributed by atoms with Gasteiger partial charge in [0.25, 0.3) is 0 Å². The average Bonchev–Trinajstić information content (AvgIpc) is 2.97. The quantitative estimate of drug-likeness (QED) is 0.153. The maximum absolute atomic E-state index is 13.3. The normalized spacial score (nSPS) is 11.0. The summed E-state index contributed by atoms with van der Waals surface area (Å²) < 4.78 is 39.0. The third-order valence-electron chi connectivity index (χ3n) is 6.84. The summed E-state index contributed by atoms with van der Waals surface area (Å²) in [5.74, 6) is 1.99. The zero-order valence-electron chi connectivity index (χ0n) is 25.0. The number of hydrogen-bond donors (Lipinski definition) is 0. The van der Waals surface area contributed by atoms with E-state index in [1.807, 2.05) is 57.2 Å². The van der Waals surface area contributed by atoms with Crippen LogP contribution in [0.4, 0.5) is 0 Å². The van der Waals surface area contributed by atoms with E-state index in [4.69, 9.17) is 32.8 Å². The smallest absolute Gasteiger partial charge is 0.340 e. The van der Waals surface area contributed by atoms with Gasteiger partial charge in [0.15, 0.2) is 11.5 Å². The standard InChI is InChI=1S/C33H36O9/c1-19(2)41-27-12-11-24-20(3)25(14-21-9-8-10-23(13-21)36-4)33(35)42-31(24)26(27)18-40-30(34)17-22-15-28(37-5)32(39-7)29(16-22)38-6/h8-13,15-16,19H,14,17-18H2,1-7H3. The van der Waals surface area contributed by atoms with Crippen molar-refractivity contribution in [2.45, 2.75) is 46.3 Å². The van der Waals surface area contributed by atoms with Gasteiger partial charge in [0.2, 0.25) is 5.75 Å². The van der Waals surface area contributed by atoms with Gasteiger partial charge in [-0.15, -0.1) is 0 Å². The van der Waals surface area contributed by atoms with Crippen LogP contribution in [0.15, 0.2) is 57.7 Å². The van der Waals surface area contributed by atoms with Gasteiger partial charge in [-0.1, -0.05) is 12.1 Å². The van der Waals surface area contributed by atoms with E-state index in [2.05, 4.69) is 0 Å². The van der Waals surface area contributed by atoms with Crippen LogP contribution in [0, 0.1) is 6.92 Å². The van der Waals surface area contributed by atoms with Gasteiger partial charge in [0.05, 0.1) is 46.5 Å². The Morgan fingerprint density at radius 3 is 2.17 bits per heavy atom. The van der Waals surface area contributed by atoms with Crippen molar-refractivity contribution in [2.75, 3.05) is 28.4 Å². The van der Waals surface area contributed by atoms with Crippen LogP contribution >= 0.6 is 0 Å². The Morgan fingerprint density at radius 1 is 0.833 bits per heavy atom. The fraction of sp³-hybridized carbons (Fsp3) is 0.333. The van der Waals surface area contributed by atoms with E-state index in [0.717, 1.165) is 16.5 Å². The van der Waals surface area contributed by atoms with Gasteiger partial charge >= 0.3 is 11.6 Å². The molecule has 0 radical (unpaired) electrons. The van der Waals surface area contributed by atoms with Gasteiger partial charge in [-0.05, 0) is 73.9 Å². The Bertz CT molecular complexity index is 1610. The molecule has 0 aliphatic heterocycles. The van der Waals surface area contributed by atoms with Gasteiger partial charge in [-0.25, -0.2) is 4.79 Å². The van der Waals surface area contributed by atoms with E-state index in [1.165, 1.54) is 21.3 Å². The van der Waals surface area contributed by atoms with Crippen LogP contribution in [0.3, 0.4) is 0 Å². The minimum atomic E-state index is -0.495. The SMILES string of the molecule is COc1cccc(Cc2c(C)c3ccc(OC(C)C)c(COC(=O)Cc4cc(OC)c(OC)c(OC)c4)c3oc2=O)c1. The van der Waals surface area contributed by atoms with Crippen LogP contribution in [0.25, 0.3) is 11.0 Å². The molecular weight excluding hydrogens is 540 g/mol. The van der Waals surface area contributed by atoms with Gasteiger partial charge in [0, 0.05) is 17.4 Å². The Hall–Kier alpha value is -4.66. The largest absolute Gasteiger partial charge is 0.497 e. The number of aryl methyl sites for hydroxylation is 1. The van der Waals surface area contributed by atoms with Gasteiger partial charge in [0.1, 0.15) is 23.7 Å². The third kappa shape index (κ3) is 6.62. The third-order valence-corrected chi connectivity index (χ3v) is 6.84. The van der Waals surface area contributed by atoms with E-state index in [0.29, 0.717) is 57.4 Å². The maximum Gasteiger partial charge on any atom is 0.340 e. The molecule has 42 heavy (non-hydrogen) atoms. The Balaban J connectivity index is 1.66. The van der Waals surface area contributed by atoms with Crippen molar-refractivity contribution < 1.29 is 37.6 Å². The monoisotopic (exact) mass is 576 g/mol. The van der Waals surface area contributed by atoms with Crippen LogP contribution in [0.5, 0.6) is 28.7 Å². The summed E-state index contributed by atoms with van der Waals surface area (Å²) in [6.07, 6.45) is 0.177. The summed E-state index contributed by atoms with van der Waals surface area (Å²) in [7, 11) is 6.13. The van der Waals surface area contributed by atoms with Crippen LogP contribution in [0.1, 0.15) is 41.7 Å². The minimum absolute atomic E-state index is 0.0461. The van der Waals surface area contributed by atoms with Crippen LogP contribution in [0.2, 0.25) is 0 Å². The molecule has 0 atom stereocenters. The van der Waals surface area contributed by atoms with Gasteiger partial charge in [-0.2, -0.15) is 0 Å². The number of rotatable bonds is 12. The fourth-order valence-corrected chi connectivity index (χ4v) is 4.79. The molecule has 9 heteroatoms. The minimum Gasteiger partial charge on any atom is -0.497 e. The topological polar surface area (TPSA) is 103 Å². The van der Waals surface area contributed by atoms with Crippen molar-refractivity contribution in [2.24, 2.45) is 0 Å². The molecule has 0 bridgehead atoms. The number of fused-ring (bicyclic) bond motifs is 1. The van der Waals surface area contributed by atoms with Crippen molar-refractivity contribution in [3.8, 4) is 28.7 Å². The number of carbonyl (C=O) groups is 1. The molecule has 4 aromatic rings. The molecule has 0 saturated carbocycles. The summed E-state index contributed by atoms with van der Waals surface area (Å²) in [6, 6.07) is 14.6. The zero-order valence-corrected chi connectivity index (χ0v) is 25.0. The number of methoxy groups -OCH3 is 4. The second-order valence-electron chi connectivity index (χ2n) is 9.98. The average molecular weight is 577 g/mol. The molecule has 222 valence electrons. The highest BCUT2D eigenvalue weighted by molar-refractivity contribution is 5.86. The Kier molecular flexibility index (Phi) is 9.62. The summed E-state index contributed by atoms with van der Waals surface area (Å²) in [5.41, 5.74) is 3.21. The first-order chi connectivity index (χ1) is 20.2. The molecule has 0 unspecified atom stereocenters. The molecular formula is C33H36O9. The zero-order chi connectivity index (χ0) is 30.4. The van der Waals surface area contributed by atoms with E-state index in [9.17, 15) is 9.59 Å². The number of benzene rings is 3. The van der Waals surface area contributed by atoms with E-state index in [1.54, 1.807) is 19.2 Å². The lowest BCUT2D eigenvalue weighted by atomic mass is 9.98. The molecule has 0 fully saturated rings. The van der Waals surface area contributed by atoms with E-state index < -0.39 is 11.6 Å². The lowest BCUT2D eigenvalue weighted by molar-refractivity contribution is -0.144. The van der Waals surface area contributed by atoms with Crippen molar-refractivity contribution in [3.63, 3.8) is 0 Å². The molecule has 0 saturated heterocycles. The molecule has 4 rings (SSSR count). The molecule has 0 aliphatic carbocycles. The Morgan fingerprint density at radius 2 is 1.55 bits per heavy atom. The second kappa shape index (κ2) is 13.3. The molecule has 0 N–H and O–H groups in total. The second-order valence-corrected chi connectivity index (χ2v) is 9.98. The highest BCUT2D eigenvalue weighted by Crippen LogP contribution is 2.38. The van der Waals surface area contributed by atoms with Crippen molar-refractivity contribution in [1.82, 2.24) is 0 Å². The van der Waals surface area contributed by atoms with Crippen molar-refractivity contribution in [1.29, 1.82) is 0 Å². The first-order valence-electron chi connectivity index (χ1n) is 13.5. The molecule has 0 amide bonds. The predicted octanol–water partition coefficient (Wildman–Crippen LogP) is 5.80. The highest BCUT2D eigenvalue weighted by atomic mass is 16.5. The molecule has 0 spiro atoms. The lowest BCUT2D eigenvalue weighted by Crippen LogP contribution is -2.14. The maximum atomic E-state index is 13.3. The van der Waals surface area contributed by atoms with Crippen molar-refractivity contribution in [3.05, 3.63) is 86.8 Å². The van der Waals surface area contributed by atoms with Crippen LogP contribution < -0.4 is 29.3 Å². The van der Waals surface area contributed by atoms with E-state index in [-0.39, 0.29) is 19.1 Å². The summed E-state index contributed by atoms with van der Waals surface area (Å²) in [4.78, 5) is 26.2. The first-order valence-corrected chi connectivity index (χ1v) is 13.5. The molecule has 1 aromatic heterocycles. The number of esters is 1. The van der Waals surface area contributed by atoms with Gasteiger partial charge < -0.3 is 32.8 Å². The summed E-state index contributed by atoms with van der Waals surface area (Å²) in [6.45, 7) is 5.52. The van der Waals surface area contributed by atoms with E-state index >= 15 is 0 Å². The van der Waals surface area contributed by atoms with Gasteiger partial charge in [-0.3, -0.25) is 4.79 Å². The molecule has 9 nitrogen and oxygen atoms in total.